The molecular weight excluding hydrogens is 268 g/mol. The van der Waals surface area contributed by atoms with Crippen LogP contribution in [0.1, 0.15) is 22.5 Å². The Morgan fingerprint density at radius 3 is 2.61 bits per heavy atom. The van der Waals surface area contributed by atoms with E-state index in [4.69, 9.17) is 21.2 Å². The van der Waals surface area contributed by atoms with Crippen LogP contribution in [0.2, 0.25) is 5.02 Å². The van der Waals surface area contributed by atoms with Crippen molar-refractivity contribution in [1.82, 2.24) is 5.16 Å². The molecular formula is C11H6ClF2NO3. The van der Waals surface area contributed by atoms with Gasteiger partial charge in [0.25, 0.3) is 6.43 Å². The van der Waals surface area contributed by atoms with E-state index in [1.165, 1.54) is 18.2 Å². The van der Waals surface area contributed by atoms with E-state index in [1.54, 1.807) is 0 Å². The van der Waals surface area contributed by atoms with E-state index in [-0.39, 0.29) is 22.0 Å². The molecule has 0 aliphatic rings. The molecule has 0 saturated heterocycles. The van der Waals surface area contributed by atoms with Gasteiger partial charge in [-0.25, -0.2) is 13.6 Å². The Morgan fingerprint density at radius 2 is 2.11 bits per heavy atom. The quantitative estimate of drug-likeness (QED) is 0.927. The zero-order valence-electron chi connectivity index (χ0n) is 8.73. The zero-order chi connectivity index (χ0) is 13.3. The second kappa shape index (κ2) is 4.73. The van der Waals surface area contributed by atoms with Gasteiger partial charge in [0.1, 0.15) is 0 Å². The summed E-state index contributed by atoms with van der Waals surface area (Å²) >= 11 is 5.83. The molecule has 0 amide bonds. The lowest BCUT2D eigenvalue weighted by molar-refractivity contribution is 0.0685. The largest absolute Gasteiger partial charge is 0.476 e. The van der Waals surface area contributed by atoms with E-state index in [9.17, 15) is 13.6 Å². The van der Waals surface area contributed by atoms with Crippen molar-refractivity contribution in [3.63, 3.8) is 0 Å². The van der Waals surface area contributed by atoms with Crippen LogP contribution >= 0.6 is 11.6 Å². The molecule has 18 heavy (non-hydrogen) atoms. The van der Waals surface area contributed by atoms with Gasteiger partial charge in [0.05, 0.1) is 5.02 Å². The Labute approximate surface area is 105 Å². The normalized spacial score (nSPS) is 10.9. The van der Waals surface area contributed by atoms with Crippen LogP contribution < -0.4 is 0 Å². The molecule has 4 nitrogen and oxygen atoms in total. The van der Waals surface area contributed by atoms with E-state index in [0.29, 0.717) is 5.56 Å². The van der Waals surface area contributed by atoms with Crippen molar-refractivity contribution in [2.75, 3.05) is 0 Å². The lowest BCUT2D eigenvalue weighted by Crippen LogP contribution is -1.94. The molecule has 0 unspecified atom stereocenters. The van der Waals surface area contributed by atoms with Gasteiger partial charge in [-0.2, -0.15) is 0 Å². The van der Waals surface area contributed by atoms with Crippen LogP contribution in [0, 0.1) is 0 Å². The molecule has 0 saturated carbocycles. The summed E-state index contributed by atoms with van der Waals surface area (Å²) in [6, 6.07) is 4.79. The molecule has 2 rings (SSSR count). The highest BCUT2D eigenvalue weighted by atomic mass is 35.5. The summed E-state index contributed by atoms with van der Waals surface area (Å²) < 4.78 is 29.6. The lowest BCUT2D eigenvalue weighted by atomic mass is 10.1. The third-order valence-corrected chi connectivity index (χ3v) is 2.55. The number of alkyl halides is 2. The Hall–Kier alpha value is -1.95. The van der Waals surface area contributed by atoms with Gasteiger partial charge in [0.2, 0.25) is 0 Å². The van der Waals surface area contributed by atoms with Crippen LogP contribution in [0.25, 0.3) is 11.3 Å². The minimum atomic E-state index is -2.62. The summed E-state index contributed by atoms with van der Waals surface area (Å²) in [5.74, 6) is -1.14. The molecule has 1 aromatic carbocycles. The monoisotopic (exact) mass is 273 g/mol. The second-order valence-electron chi connectivity index (χ2n) is 3.42. The van der Waals surface area contributed by atoms with E-state index >= 15 is 0 Å². The second-order valence-corrected chi connectivity index (χ2v) is 3.83. The first-order valence-electron chi connectivity index (χ1n) is 4.77. The van der Waals surface area contributed by atoms with Crippen molar-refractivity contribution in [3.8, 4) is 11.3 Å². The average molecular weight is 274 g/mol. The van der Waals surface area contributed by atoms with Crippen molar-refractivity contribution in [2.45, 2.75) is 6.43 Å². The van der Waals surface area contributed by atoms with Crippen molar-refractivity contribution < 1.29 is 23.2 Å². The van der Waals surface area contributed by atoms with Gasteiger partial charge in [0.15, 0.2) is 11.5 Å². The molecule has 2 aromatic rings. The minimum Gasteiger partial charge on any atom is -0.476 e. The number of hydrogen-bond donors (Lipinski definition) is 1. The van der Waals surface area contributed by atoms with Gasteiger partial charge in [-0.1, -0.05) is 22.8 Å². The fourth-order valence-electron chi connectivity index (χ4n) is 1.37. The third-order valence-electron chi connectivity index (χ3n) is 2.24. The highest BCUT2D eigenvalue weighted by molar-refractivity contribution is 6.33. The Morgan fingerprint density at radius 1 is 1.39 bits per heavy atom. The van der Waals surface area contributed by atoms with Crippen LogP contribution in [-0.2, 0) is 0 Å². The Kier molecular flexibility index (Phi) is 3.29. The van der Waals surface area contributed by atoms with Gasteiger partial charge in [0, 0.05) is 17.2 Å². The van der Waals surface area contributed by atoms with Crippen molar-refractivity contribution in [2.24, 2.45) is 0 Å². The molecule has 0 spiro atoms. The van der Waals surface area contributed by atoms with E-state index in [0.717, 1.165) is 6.07 Å². The zero-order valence-corrected chi connectivity index (χ0v) is 9.49. The molecule has 7 heteroatoms. The molecule has 0 aliphatic carbocycles. The Balaban J connectivity index is 2.41. The fraction of sp³-hybridized carbons (Fsp3) is 0.0909. The van der Waals surface area contributed by atoms with Gasteiger partial charge in [-0.15, -0.1) is 0 Å². The SMILES string of the molecule is O=C(O)c1cc(-c2ccc(C(F)F)cc2Cl)on1. The maximum Gasteiger partial charge on any atom is 0.358 e. The topological polar surface area (TPSA) is 63.3 Å². The maximum atomic E-state index is 12.4. The predicted octanol–water partition coefficient (Wildman–Crippen LogP) is 3.63. The number of nitrogens with zero attached hydrogens (tertiary/aromatic N) is 1. The molecule has 1 heterocycles. The first-order valence-corrected chi connectivity index (χ1v) is 5.15. The number of hydrogen-bond acceptors (Lipinski definition) is 3. The molecule has 0 atom stereocenters. The highest BCUT2D eigenvalue weighted by Gasteiger charge is 2.16. The van der Waals surface area contributed by atoms with Crippen molar-refractivity contribution in [1.29, 1.82) is 0 Å². The summed E-state index contributed by atoms with van der Waals surface area (Å²) in [6.07, 6.45) is -2.62. The summed E-state index contributed by atoms with van der Waals surface area (Å²) in [6.45, 7) is 0. The number of aromatic nitrogens is 1. The highest BCUT2D eigenvalue weighted by Crippen LogP contribution is 2.32. The number of benzene rings is 1. The number of aromatic carboxylic acids is 1. The number of halogens is 3. The standard InChI is InChI=1S/C11H6ClF2NO3/c12-7-3-5(10(13)14)1-2-6(7)9-4-8(11(16)17)15-18-9/h1-4,10H,(H,16,17). The van der Waals surface area contributed by atoms with Gasteiger partial charge < -0.3 is 9.63 Å². The molecule has 94 valence electrons. The molecule has 0 aliphatic heterocycles. The van der Waals surface area contributed by atoms with E-state index in [2.05, 4.69) is 5.16 Å². The molecule has 1 N–H and O–H groups in total. The lowest BCUT2D eigenvalue weighted by Gasteiger charge is -2.03. The molecule has 0 radical (unpaired) electrons. The van der Waals surface area contributed by atoms with Crippen LogP contribution in [0.15, 0.2) is 28.8 Å². The number of carboxylic acid groups (broad SMARTS) is 1. The first kappa shape index (κ1) is 12.5. The number of rotatable bonds is 3. The first-order chi connectivity index (χ1) is 8.49. The smallest absolute Gasteiger partial charge is 0.358 e. The van der Waals surface area contributed by atoms with Crippen LogP contribution in [-0.4, -0.2) is 16.2 Å². The maximum absolute atomic E-state index is 12.4. The van der Waals surface area contributed by atoms with E-state index < -0.39 is 12.4 Å². The van der Waals surface area contributed by atoms with Gasteiger partial charge in [-0.05, 0) is 12.1 Å². The number of carbonyl (C=O) groups is 1. The fourth-order valence-corrected chi connectivity index (χ4v) is 1.65. The minimum absolute atomic E-state index is 0.0425. The number of carboxylic acids is 1. The van der Waals surface area contributed by atoms with Gasteiger partial charge >= 0.3 is 5.97 Å². The summed E-state index contributed by atoms with van der Waals surface area (Å²) in [4.78, 5) is 10.6. The molecule has 1 aromatic heterocycles. The summed E-state index contributed by atoms with van der Waals surface area (Å²) in [7, 11) is 0. The predicted molar refractivity (Wildman–Crippen MR) is 58.9 cm³/mol. The molecule has 0 fully saturated rings. The van der Waals surface area contributed by atoms with Crippen molar-refractivity contribution >= 4 is 17.6 Å². The van der Waals surface area contributed by atoms with Crippen LogP contribution in [0.3, 0.4) is 0 Å². The van der Waals surface area contributed by atoms with E-state index in [1.807, 2.05) is 0 Å². The summed E-state index contributed by atoms with van der Waals surface area (Å²) in [5, 5.41) is 12.0. The molecule has 0 bridgehead atoms. The summed E-state index contributed by atoms with van der Waals surface area (Å²) in [5.41, 5.74) is -0.193. The van der Waals surface area contributed by atoms with Gasteiger partial charge in [-0.3, -0.25) is 0 Å². The Bertz CT molecular complexity index is 598. The van der Waals surface area contributed by atoms with Crippen LogP contribution in [0.4, 0.5) is 8.78 Å². The van der Waals surface area contributed by atoms with Crippen molar-refractivity contribution in [3.05, 3.63) is 40.5 Å². The third kappa shape index (κ3) is 2.33. The van der Waals surface area contributed by atoms with Crippen LogP contribution in [0.5, 0.6) is 0 Å². The average Bonchev–Trinajstić information content (AvgIpc) is 2.78.